The van der Waals surface area contributed by atoms with Gasteiger partial charge in [0.15, 0.2) is 0 Å². The standard InChI is InChI=1S/C19H22N2O3/c20-19(22)21(23)16-8-4-6-14(12-16)15-7-5-11-18(13-15)24-17-9-2-1-3-10-17/h1-3,5,7,9-11,13-14,16,23H,4,6,8,12H2,(H2,20,22)/t14-,16+/m1/s1. The average molecular weight is 326 g/mol. The first kappa shape index (κ1) is 16.3. The van der Waals surface area contributed by atoms with E-state index in [4.69, 9.17) is 10.5 Å². The highest BCUT2D eigenvalue weighted by Crippen LogP contribution is 2.36. The van der Waals surface area contributed by atoms with Crippen molar-refractivity contribution in [2.24, 2.45) is 5.73 Å². The number of ether oxygens (including phenoxy) is 1. The topological polar surface area (TPSA) is 75.8 Å². The van der Waals surface area contributed by atoms with E-state index in [0.717, 1.165) is 36.3 Å². The molecule has 0 aliphatic heterocycles. The highest BCUT2D eigenvalue weighted by molar-refractivity contribution is 5.70. The van der Waals surface area contributed by atoms with Gasteiger partial charge < -0.3 is 10.5 Å². The van der Waals surface area contributed by atoms with E-state index in [0.29, 0.717) is 11.5 Å². The molecule has 2 atom stereocenters. The van der Waals surface area contributed by atoms with E-state index in [2.05, 4.69) is 6.07 Å². The molecule has 1 fully saturated rings. The highest BCUT2D eigenvalue weighted by Gasteiger charge is 2.29. The minimum absolute atomic E-state index is 0.222. The molecule has 2 aromatic rings. The van der Waals surface area contributed by atoms with Crippen LogP contribution in [0.15, 0.2) is 54.6 Å². The summed E-state index contributed by atoms with van der Waals surface area (Å²) in [6.45, 7) is 0. The molecule has 2 aromatic carbocycles. The molecule has 0 spiro atoms. The normalized spacial score (nSPS) is 20.4. The van der Waals surface area contributed by atoms with Crippen molar-refractivity contribution in [3.05, 3.63) is 60.2 Å². The summed E-state index contributed by atoms with van der Waals surface area (Å²) >= 11 is 0. The van der Waals surface area contributed by atoms with Gasteiger partial charge in [0.25, 0.3) is 0 Å². The van der Waals surface area contributed by atoms with Crippen molar-refractivity contribution in [3.63, 3.8) is 0 Å². The molecular weight excluding hydrogens is 304 g/mol. The molecule has 0 saturated heterocycles. The first-order chi connectivity index (χ1) is 11.6. The summed E-state index contributed by atoms with van der Waals surface area (Å²) < 4.78 is 5.89. The zero-order valence-electron chi connectivity index (χ0n) is 13.5. The molecule has 1 aliphatic rings. The molecule has 24 heavy (non-hydrogen) atoms. The molecule has 0 bridgehead atoms. The summed E-state index contributed by atoms with van der Waals surface area (Å²) in [5.74, 6) is 1.86. The van der Waals surface area contributed by atoms with Crippen molar-refractivity contribution in [1.82, 2.24) is 5.06 Å². The van der Waals surface area contributed by atoms with E-state index in [1.54, 1.807) is 0 Å². The molecule has 0 heterocycles. The van der Waals surface area contributed by atoms with E-state index in [-0.39, 0.29) is 12.0 Å². The SMILES string of the molecule is NC(=O)N(O)[C@H]1CCC[C@@H](c2cccc(Oc3ccccc3)c2)C1. The molecule has 0 radical (unpaired) electrons. The van der Waals surface area contributed by atoms with Crippen molar-refractivity contribution < 1.29 is 14.7 Å². The second kappa shape index (κ2) is 7.36. The Morgan fingerprint density at radius 2 is 1.83 bits per heavy atom. The van der Waals surface area contributed by atoms with Crippen LogP contribution in [0.5, 0.6) is 11.5 Å². The number of hydrogen-bond donors (Lipinski definition) is 2. The number of carbonyl (C=O) groups is 1. The molecule has 0 aromatic heterocycles. The largest absolute Gasteiger partial charge is 0.457 e. The fourth-order valence-corrected chi connectivity index (χ4v) is 3.33. The number of para-hydroxylation sites is 1. The van der Waals surface area contributed by atoms with Gasteiger partial charge in [-0.15, -0.1) is 0 Å². The number of hydrogen-bond acceptors (Lipinski definition) is 3. The Labute approximate surface area is 141 Å². The lowest BCUT2D eigenvalue weighted by atomic mass is 9.81. The van der Waals surface area contributed by atoms with E-state index in [1.807, 2.05) is 48.5 Å². The number of primary amides is 1. The Morgan fingerprint density at radius 1 is 1.08 bits per heavy atom. The molecule has 1 aliphatic carbocycles. The van der Waals surface area contributed by atoms with Crippen molar-refractivity contribution in [2.45, 2.75) is 37.6 Å². The number of nitrogens with zero attached hydrogens (tertiary/aromatic N) is 1. The maximum absolute atomic E-state index is 11.2. The van der Waals surface area contributed by atoms with Crippen LogP contribution in [-0.2, 0) is 0 Å². The lowest BCUT2D eigenvalue weighted by Crippen LogP contribution is -2.43. The number of urea groups is 1. The van der Waals surface area contributed by atoms with Crippen LogP contribution in [0.4, 0.5) is 4.79 Å². The van der Waals surface area contributed by atoms with Crippen molar-refractivity contribution >= 4 is 6.03 Å². The van der Waals surface area contributed by atoms with Crippen LogP contribution in [0.3, 0.4) is 0 Å². The number of amides is 2. The predicted octanol–water partition coefficient (Wildman–Crippen LogP) is 4.28. The predicted molar refractivity (Wildman–Crippen MR) is 91.2 cm³/mol. The number of benzene rings is 2. The molecule has 2 amide bonds. The number of hydroxylamine groups is 2. The van der Waals surface area contributed by atoms with Gasteiger partial charge in [-0.2, -0.15) is 0 Å². The number of rotatable bonds is 4. The summed E-state index contributed by atoms with van der Waals surface area (Å²) in [4.78, 5) is 11.2. The van der Waals surface area contributed by atoms with Gasteiger partial charge in [-0.05, 0) is 55.0 Å². The third-order valence-electron chi connectivity index (χ3n) is 4.53. The van der Waals surface area contributed by atoms with Crippen LogP contribution >= 0.6 is 0 Å². The molecule has 3 N–H and O–H groups in total. The average Bonchev–Trinajstić information content (AvgIpc) is 2.62. The first-order valence-corrected chi connectivity index (χ1v) is 8.24. The van der Waals surface area contributed by atoms with Gasteiger partial charge in [0.1, 0.15) is 11.5 Å². The zero-order valence-corrected chi connectivity index (χ0v) is 13.5. The van der Waals surface area contributed by atoms with Gasteiger partial charge in [0.05, 0.1) is 6.04 Å². The van der Waals surface area contributed by atoms with Gasteiger partial charge in [-0.1, -0.05) is 36.8 Å². The molecule has 5 nitrogen and oxygen atoms in total. The Bertz CT molecular complexity index is 690. The van der Waals surface area contributed by atoms with E-state index in [9.17, 15) is 10.0 Å². The summed E-state index contributed by atoms with van der Waals surface area (Å²) in [6.07, 6.45) is 3.45. The van der Waals surface area contributed by atoms with Gasteiger partial charge >= 0.3 is 6.03 Å². The second-order valence-corrected chi connectivity index (χ2v) is 6.19. The summed E-state index contributed by atoms with van der Waals surface area (Å²) in [7, 11) is 0. The quantitative estimate of drug-likeness (QED) is 0.650. The molecule has 1 saturated carbocycles. The van der Waals surface area contributed by atoms with Crippen molar-refractivity contribution in [1.29, 1.82) is 0 Å². The molecule has 126 valence electrons. The van der Waals surface area contributed by atoms with Crippen LogP contribution in [0.25, 0.3) is 0 Å². The second-order valence-electron chi connectivity index (χ2n) is 6.19. The van der Waals surface area contributed by atoms with E-state index >= 15 is 0 Å². The van der Waals surface area contributed by atoms with Gasteiger partial charge in [-0.25, -0.2) is 9.86 Å². The highest BCUT2D eigenvalue weighted by atomic mass is 16.5. The number of carbonyl (C=O) groups excluding carboxylic acids is 1. The summed E-state index contributed by atoms with van der Waals surface area (Å²) in [5.41, 5.74) is 6.34. The maximum atomic E-state index is 11.2. The molecule has 3 rings (SSSR count). The smallest absolute Gasteiger partial charge is 0.338 e. The fourth-order valence-electron chi connectivity index (χ4n) is 3.33. The van der Waals surface area contributed by atoms with Crippen LogP contribution in [0, 0.1) is 0 Å². The van der Waals surface area contributed by atoms with E-state index < -0.39 is 6.03 Å². The molecular formula is C19H22N2O3. The molecule has 0 unspecified atom stereocenters. The Balaban J connectivity index is 1.72. The first-order valence-electron chi connectivity index (χ1n) is 8.24. The van der Waals surface area contributed by atoms with Crippen LogP contribution in [0.1, 0.15) is 37.2 Å². The lowest BCUT2D eigenvalue weighted by molar-refractivity contribution is -0.0858. The number of nitrogens with two attached hydrogens (primary N) is 1. The fraction of sp³-hybridized carbons (Fsp3) is 0.316. The Hall–Kier alpha value is -2.53. The van der Waals surface area contributed by atoms with Gasteiger partial charge in [-0.3, -0.25) is 5.21 Å². The maximum Gasteiger partial charge on any atom is 0.338 e. The zero-order chi connectivity index (χ0) is 16.9. The Kier molecular flexibility index (Phi) is 5.01. The van der Waals surface area contributed by atoms with Crippen LogP contribution in [-0.4, -0.2) is 22.3 Å². The minimum atomic E-state index is -0.790. The van der Waals surface area contributed by atoms with Crippen molar-refractivity contribution in [3.8, 4) is 11.5 Å². The van der Waals surface area contributed by atoms with Crippen molar-refractivity contribution in [2.75, 3.05) is 0 Å². The lowest BCUT2D eigenvalue weighted by Gasteiger charge is -2.33. The third-order valence-corrected chi connectivity index (χ3v) is 4.53. The monoisotopic (exact) mass is 326 g/mol. The van der Waals surface area contributed by atoms with E-state index in [1.165, 1.54) is 0 Å². The van der Waals surface area contributed by atoms with Crippen LogP contribution < -0.4 is 10.5 Å². The molecule has 5 heteroatoms. The third kappa shape index (κ3) is 3.86. The summed E-state index contributed by atoms with van der Waals surface area (Å²) in [5, 5.41) is 10.5. The summed E-state index contributed by atoms with van der Waals surface area (Å²) in [6, 6.07) is 16.6. The Morgan fingerprint density at radius 3 is 2.58 bits per heavy atom. The minimum Gasteiger partial charge on any atom is -0.457 e. The van der Waals surface area contributed by atoms with Gasteiger partial charge in [0.2, 0.25) is 0 Å². The van der Waals surface area contributed by atoms with Crippen LogP contribution in [0.2, 0.25) is 0 Å². The van der Waals surface area contributed by atoms with Gasteiger partial charge in [0, 0.05) is 0 Å².